The van der Waals surface area contributed by atoms with E-state index in [1.165, 1.54) is 15.9 Å². The van der Waals surface area contributed by atoms with Crippen LogP contribution in [0, 0.1) is 0 Å². The van der Waals surface area contributed by atoms with Crippen LogP contribution < -0.4 is 16.1 Å². The fourth-order valence-corrected chi connectivity index (χ4v) is 7.18. The maximum absolute atomic E-state index is 7.01. The molecule has 180 valence electrons. The van der Waals surface area contributed by atoms with E-state index < -0.39 is 14.4 Å². The van der Waals surface area contributed by atoms with Crippen LogP contribution in [-0.4, -0.2) is 49.7 Å². The molecule has 0 amide bonds. The summed E-state index contributed by atoms with van der Waals surface area (Å²) in [7, 11) is 1.31. The molecular formula is C28H33N5OSi. The summed E-state index contributed by atoms with van der Waals surface area (Å²) in [6, 6.07) is 31.2. The summed E-state index contributed by atoms with van der Waals surface area (Å²) in [6.07, 6.45) is 3.22. The monoisotopic (exact) mass is 483 g/mol. The van der Waals surface area contributed by atoms with Crippen molar-refractivity contribution in [1.29, 1.82) is 0 Å². The van der Waals surface area contributed by atoms with E-state index in [9.17, 15) is 0 Å². The molecule has 7 heteroatoms. The summed E-state index contributed by atoms with van der Waals surface area (Å²) in [4.78, 5) is 11.5. The summed E-state index contributed by atoms with van der Waals surface area (Å²) in [5.74, 6) is 0.760. The molecule has 0 aliphatic rings. The molecule has 1 aromatic heterocycles. The van der Waals surface area contributed by atoms with Crippen molar-refractivity contribution in [2.75, 3.05) is 20.6 Å². The Morgan fingerprint density at radius 3 is 2.00 bits per heavy atom. The van der Waals surface area contributed by atoms with Gasteiger partial charge in [0.15, 0.2) is 5.82 Å². The SMILES string of the molecule is CN(C)C=Nc1c([C@@H](CN)O[Si](C)(c2ccccc2)c2ccccc2)ncn1Cc1ccccc1. The van der Waals surface area contributed by atoms with Gasteiger partial charge in [0.2, 0.25) is 0 Å². The molecular weight excluding hydrogens is 450 g/mol. The van der Waals surface area contributed by atoms with Crippen molar-refractivity contribution >= 4 is 30.8 Å². The Morgan fingerprint density at radius 2 is 1.49 bits per heavy atom. The number of aromatic nitrogens is 2. The highest BCUT2D eigenvalue weighted by molar-refractivity contribution is 6.96. The first-order chi connectivity index (χ1) is 17.0. The van der Waals surface area contributed by atoms with Crippen LogP contribution in [0.3, 0.4) is 0 Å². The minimum Gasteiger partial charge on any atom is -0.398 e. The lowest BCUT2D eigenvalue weighted by Gasteiger charge is -2.32. The van der Waals surface area contributed by atoms with Gasteiger partial charge in [-0.05, 0) is 22.5 Å². The van der Waals surface area contributed by atoms with Crippen molar-refractivity contribution in [2.24, 2.45) is 10.7 Å². The number of aliphatic imine (C=N–C) groups is 1. The number of hydrogen-bond acceptors (Lipinski definition) is 4. The predicted octanol–water partition coefficient (Wildman–Crippen LogP) is 3.56. The fraction of sp³-hybridized carbons (Fsp3) is 0.214. The quantitative estimate of drug-likeness (QED) is 0.213. The second kappa shape index (κ2) is 11.3. The maximum Gasteiger partial charge on any atom is 0.253 e. The lowest BCUT2D eigenvalue weighted by atomic mass is 10.2. The third kappa shape index (κ3) is 5.76. The van der Waals surface area contributed by atoms with Gasteiger partial charge in [0.1, 0.15) is 11.8 Å². The number of nitrogens with two attached hydrogens (primary N) is 1. The van der Waals surface area contributed by atoms with Crippen LogP contribution >= 0.6 is 0 Å². The Bertz CT molecular complexity index is 1190. The predicted molar refractivity (Wildman–Crippen MR) is 146 cm³/mol. The molecule has 6 nitrogen and oxygen atoms in total. The van der Waals surface area contributed by atoms with Crippen molar-refractivity contribution in [3.63, 3.8) is 0 Å². The van der Waals surface area contributed by atoms with Crippen molar-refractivity contribution in [3.8, 4) is 0 Å². The molecule has 0 radical (unpaired) electrons. The highest BCUT2D eigenvalue weighted by Gasteiger charge is 2.38. The molecule has 1 atom stereocenters. The van der Waals surface area contributed by atoms with Crippen LogP contribution in [0.15, 0.2) is 102 Å². The number of nitrogens with zero attached hydrogens (tertiary/aromatic N) is 4. The van der Waals surface area contributed by atoms with Crippen molar-refractivity contribution in [3.05, 3.63) is 109 Å². The van der Waals surface area contributed by atoms with Gasteiger partial charge in [-0.3, -0.25) is 0 Å². The van der Waals surface area contributed by atoms with Gasteiger partial charge in [0, 0.05) is 20.6 Å². The smallest absolute Gasteiger partial charge is 0.253 e. The third-order valence-electron chi connectivity index (χ3n) is 5.99. The van der Waals surface area contributed by atoms with E-state index >= 15 is 0 Å². The third-order valence-corrected chi connectivity index (χ3v) is 9.62. The van der Waals surface area contributed by atoms with Gasteiger partial charge in [-0.15, -0.1) is 0 Å². The highest BCUT2D eigenvalue weighted by Crippen LogP contribution is 2.29. The van der Waals surface area contributed by atoms with Gasteiger partial charge >= 0.3 is 0 Å². The minimum absolute atomic E-state index is 0.301. The summed E-state index contributed by atoms with van der Waals surface area (Å²) < 4.78 is 9.06. The Labute approximate surface area is 208 Å². The van der Waals surface area contributed by atoms with Gasteiger partial charge < -0.3 is 19.6 Å². The molecule has 0 saturated heterocycles. The molecule has 0 saturated carbocycles. The van der Waals surface area contributed by atoms with Crippen LogP contribution in [0.2, 0.25) is 6.55 Å². The number of hydrogen-bond donors (Lipinski definition) is 1. The number of rotatable bonds is 10. The van der Waals surface area contributed by atoms with E-state index in [0.717, 1.165) is 11.5 Å². The lowest BCUT2D eigenvalue weighted by molar-refractivity contribution is 0.209. The van der Waals surface area contributed by atoms with E-state index in [2.05, 4.69) is 71.8 Å². The molecule has 0 bridgehead atoms. The molecule has 2 N–H and O–H groups in total. The average molecular weight is 484 g/mol. The first kappa shape index (κ1) is 24.6. The van der Waals surface area contributed by atoms with Crippen LogP contribution in [0.25, 0.3) is 0 Å². The summed E-state index contributed by atoms with van der Waals surface area (Å²) in [6.45, 7) is 3.19. The summed E-state index contributed by atoms with van der Waals surface area (Å²) >= 11 is 0. The minimum atomic E-state index is -2.59. The number of benzene rings is 3. The summed E-state index contributed by atoms with van der Waals surface area (Å²) in [5.41, 5.74) is 8.27. The van der Waals surface area contributed by atoms with Gasteiger partial charge in [0.05, 0.1) is 19.2 Å². The number of imidazole rings is 1. The van der Waals surface area contributed by atoms with Crippen molar-refractivity contribution in [2.45, 2.75) is 19.2 Å². The van der Waals surface area contributed by atoms with E-state index in [-0.39, 0.29) is 0 Å². The molecule has 3 aromatic carbocycles. The molecule has 0 unspecified atom stereocenters. The van der Waals surface area contributed by atoms with Crippen LogP contribution in [0.1, 0.15) is 17.4 Å². The Morgan fingerprint density at radius 1 is 0.943 bits per heavy atom. The first-order valence-electron chi connectivity index (χ1n) is 11.8. The Kier molecular flexibility index (Phi) is 7.92. The van der Waals surface area contributed by atoms with Gasteiger partial charge in [-0.2, -0.15) is 0 Å². The zero-order chi connectivity index (χ0) is 24.7. The van der Waals surface area contributed by atoms with E-state index in [1.54, 1.807) is 6.34 Å². The molecule has 0 spiro atoms. The lowest BCUT2D eigenvalue weighted by Crippen LogP contribution is -2.59. The van der Waals surface area contributed by atoms with Gasteiger partial charge in [-0.25, -0.2) is 9.98 Å². The largest absolute Gasteiger partial charge is 0.398 e. The van der Waals surface area contributed by atoms with Crippen LogP contribution in [0.5, 0.6) is 0 Å². The average Bonchev–Trinajstić information content (AvgIpc) is 3.29. The fourth-order valence-electron chi connectivity index (χ4n) is 4.14. The molecule has 0 fully saturated rings. The maximum atomic E-state index is 7.01. The molecule has 1 heterocycles. The van der Waals surface area contributed by atoms with E-state index in [1.807, 2.05) is 55.7 Å². The van der Waals surface area contributed by atoms with Crippen LogP contribution in [0.4, 0.5) is 5.82 Å². The molecule has 4 aromatic rings. The zero-order valence-electron chi connectivity index (χ0n) is 20.6. The Balaban J connectivity index is 1.75. The standard InChI is InChI=1S/C28H33N5OSi/c1-32(2)21-31-28-27(30-22-33(28)20-23-13-7-4-8-14-23)26(19-29)34-35(3,24-15-9-5-10-16-24)25-17-11-6-12-18-25/h4-18,21-22,26H,19-20,29H2,1-3H3/t26-/m1/s1. The zero-order valence-corrected chi connectivity index (χ0v) is 21.6. The molecule has 35 heavy (non-hydrogen) atoms. The van der Waals surface area contributed by atoms with E-state index in [0.29, 0.717) is 13.1 Å². The Hall–Kier alpha value is -3.52. The molecule has 4 rings (SSSR count). The van der Waals surface area contributed by atoms with Crippen molar-refractivity contribution in [1.82, 2.24) is 14.5 Å². The van der Waals surface area contributed by atoms with Gasteiger partial charge in [0.25, 0.3) is 8.32 Å². The summed E-state index contributed by atoms with van der Waals surface area (Å²) in [5, 5.41) is 2.37. The second-order valence-electron chi connectivity index (χ2n) is 8.88. The van der Waals surface area contributed by atoms with Gasteiger partial charge in [-0.1, -0.05) is 91.0 Å². The second-order valence-corrected chi connectivity index (χ2v) is 12.3. The molecule has 0 aliphatic carbocycles. The normalized spacial score (nSPS) is 12.7. The molecule has 0 aliphatic heterocycles. The highest BCUT2D eigenvalue weighted by atomic mass is 28.4. The first-order valence-corrected chi connectivity index (χ1v) is 14.2. The van der Waals surface area contributed by atoms with E-state index in [4.69, 9.17) is 20.1 Å². The topological polar surface area (TPSA) is 68.7 Å². The van der Waals surface area contributed by atoms with Crippen molar-refractivity contribution < 1.29 is 4.43 Å². The van der Waals surface area contributed by atoms with Crippen LogP contribution in [-0.2, 0) is 11.0 Å².